The van der Waals surface area contributed by atoms with Gasteiger partial charge < -0.3 is 10.6 Å². The second-order valence-corrected chi connectivity index (χ2v) is 7.95. The Morgan fingerprint density at radius 3 is 2.19 bits per heavy atom. The minimum atomic E-state index is -0.966. The van der Waals surface area contributed by atoms with Crippen molar-refractivity contribution in [2.24, 2.45) is 5.10 Å². The largest absolute Gasteiger partial charge is 0.329 e. The van der Waals surface area contributed by atoms with Crippen molar-refractivity contribution in [1.29, 1.82) is 0 Å². The monoisotopic (exact) mass is 542 g/mol. The van der Waals surface area contributed by atoms with Crippen LogP contribution in [0.2, 0.25) is 0 Å². The average molecular weight is 544 g/mol. The van der Waals surface area contributed by atoms with Crippen molar-refractivity contribution in [2.45, 2.75) is 0 Å². The first-order valence-corrected chi connectivity index (χ1v) is 10.6. The third-order valence-electron chi connectivity index (χ3n) is 4.00. The van der Waals surface area contributed by atoms with E-state index >= 15 is 0 Å². The maximum Gasteiger partial charge on any atom is 0.329 e. The SMILES string of the molecule is O=C(N/N=C/c1ccccc1Br)C(=O)Nc1ccccc1C(=O)Nc1ccc(Br)cc1. The molecular formula is C22H16Br2N4O3. The fraction of sp³-hybridized carbons (Fsp3) is 0. The van der Waals surface area contributed by atoms with E-state index in [-0.39, 0.29) is 11.3 Å². The number of nitrogens with one attached hydrogen (secondary N) is 3. The second kappa shape index (κ2) is 10.6. The summed E-state index contributed by atoms with van der Waals surface area (Å²) in [7, 11) is 0. The van der Waals surface area contributed by atoms with Crippen LogP contribution in [-0.4, -0.2) is 23.9 Å². The molecule has 31 heavy (non-hydrogen) atoms. The van der Waals surface area contributed by atoms with Crippen LogP contribution in [0.5, 0.6) is 0 Å². The van der Waals surface area contributed by atoms with Crippen molar-refractivity contribution in [3.63, 3.8) is 0 Å². The molecule has 0 saturated heterocycles. The minimum absolute atomic E-state index is 0.201. The van der Waals surface area contributed by atoms with Crippen molar-refractivity contribution in [2.75, 3.05) is 10.6 Å². The van der Waals surface area contributed by atoms with E-state index in [9.17, 15) is 14.4 Å². The molecule has 3 amide bonds. The summed E-state index contributed by atoms with van der Waals surface area (Å²) in [5, 5.41) is 8.98. The summed E-state index contributed by atoms with van der Waals surface area (Å²) < 4.78 is 1.68. The lowest BCUT2D eigenvalue weighted by molar-refractivity contribution is -0.136. The molecule has 3 aromatic carbocycles. The van der Waals surface area contributed by atoms with E-state index in [1.54, 1.807) is 48.5 Å². The van der Waals surface area contributed by atoms with Gasteiger partial charge in [-0.05, 0) is 42.5 Å². The summed E-state index contributed by atoms with van der Waals surface area (Å²) in [6.45, 7) is 0. The van der Waals surface area contributed by atoms with E-state index < -0.39 is 17.7 Å². The van der Waals surface area contributed by atoms with E-state index in [1.165, 1.54) is 12.3 Å². The Balaban J connectivity index is 1.64. The maximum absolute atomic E-state index is 12.6. The first-order chi connectivity index (χ1) is 14.9. The number of carbonyl (C=O) groups excluding carboxylic acids is 3. The number of hydrazone groups is 1. The van der Waals surface area contributed by atoms with E-state index in [0.717, 1.165) is 14.5 Å². The number of nitrogens with zero attached hydrogens (tertiary/aromatic N) is 1. The van der Waals surface area contributed by atoms with Gasteiger partial charge in [0.1, 0.15) is 0 Å². The van der Waals surface area contributed by atoms with Crippen LogP contribution in [0.3, 0.4) is 0 Å². The number of hydrogen-bond acceptors (Lipinski definition) is 4. The molecule has 0 fully saturated rings. The predicted molar refractivity (Wildman–Crippen MR) is 127 cm³/mol. The smallest absolute Gasteiger partial charge is 0.322 e. The van der Waals surface area contributed by atoms with E-state index in [0.29, 0.717) is 5.69 Å². The number of carbonyl (C=O) groups is 3. The highest BCUT2D eigenvalue weighted by Crippen LogP contribution is 2.19. The summed E-state index contributed by atoms with van der Waals surface area (Å²) in [6.07, 6.45) is 1.41. The highest BCUT2D eigenvalue weighted by Gasteiger charge is 2.17. The summed E-state index contributed by atoms with van der Waals surface area (Å²) >= 11 is 6.69. The molecule has 0 radical (unpaired) electrons. The topological polar surface area (TPSA) is 99.7 Å². The van der Waals surface area contributed by atoms with Gasteiger partial charge in [0.25, 0.3) is 5.91 Å². The molecule has 3 N–H and O–H groups in total. The molecule has 9 heteroatoms. The zero-order valence-corrected chi connectivity index (χ0v) is 19.1. The zero-order valence-electron chi connectivity index (χ0n) is 15.9. The van der Waals surface area contributed by atoms with Crippen molar-refractivity contribution in [3.8, 4) is 0 Å². The molecular weight excluding hydrogens is 528 g/mol. The van der Waals surface area contributed by atoms with Crippen molar-refractivity contribution in [3.05, 3.63) is 92.9 Å². The Morgan fingerprint density at radius 1 is 0.774 bits per heavy atom. The molecule has 0 aliphatic rings. The molecule has 0 spiro atoms. The van der Waals surface area contributed by atoms with Gasteiger partial charge in [-0.3, -0.25) is 14.4 Å². The van der Waals surface area contributed by atoms with Crippen LogP contribution in [-0.2, 0) is 9.59 Å². The number of amides is 3. The van der Waals surface area contributed by atoms with Gasteiger partial charge in [-0.1, -0.05) is 62.2 Å². The van der Waals surface area contributed by atoms with E-state index in [2.05, 4.69) is 53.0 Å². The quantitative estimate of drug-likeness (QED) is 0.250. The minimum Gasteiger partial charge on any atom is -0.322 e. The summed E-state index contributed by atoms with van der Waals surface area (Å²) in [5.74, 6) is -2.34. The Hall–Kier alpha value is -3.30. The molecule has 0 aliphatic carbocycles. The fourth-order valence-electron chi connectivity index (χ4n) is 2.49. The summed E-state index contributed by atoms with van der Waals surface area (Å²) in [4.78, 5) is 37.0. The number of hydrogen-bond donors (Lipinski definition) is 3. The number of para-hydroxylation sites is 1. The molecule has 0 heterocycles. The lowest BCUT2D eigenvalue weighted by atomic mass is 10.1. The Labute approximate surface area is 195 Å². The number of benzene rings is 3. The Morgan fingerprint density at radius 2 is 1.45 bits per heavy atom. The van der Waals surface area contributed by atoms with Crippen LogP contribution in [0.1, 0.15) is 15.9 Å². The maximum atomic E-state index is 12.6. The average Bonchev–Trinajstić information content (AvgIpc) is 2.77. The van der Waals surface area contributed by atoms with Gasteiger partial charge in [-0.2, -0.15) is 5.10 Å². The number of halogens is 2. The molecule has 0 aliphatic heterocycles. The third kappa shape index (κ3) is 6.34. The predicted octanol–water partition coefficient (Wildman–Crippen LogP) is 4.55. The summed E-state index contributed by atoms with van der Waals surface area (Å²) in [6, 6.07) is 20.7. The van der Waals surface area contributed by atoms with Crippen LogP contribution in [0.15, 0.2) is 86.8 Å². The zero-order chi connectivity index (χ0) is 22.2. The number of anilines is 2. The van der Waals surface area contributed by atoms with Gasteiger partial charge in [0.05, 0.1) is 17.5 Å². The van der Waals surface area contributed by atoms with Crippen LogP contribution in [0.4, 0.5) is 11.4 Å². The highest BCUT2D eigenvalue weighted by atomic mass is 79.9. The fourth-order valence-corrected chi connectivity index (χ4v) is 3.14. The van der Waals surface area contributed by atoms with Crippen molar-refractivity contribution >= 4 is 67.2 Å². The molecule has 156 valence electrons. The van der Waals surface area contributed by atoms with Crippen LogP contribution >= 0.6 is 31.9 Å². The van der Waals surface area contributed by atoms with Crippen LogP contribution in [0, 0.1) is 0 Å². The van der Waals surface area contributed by atoms with E-state index in [1.807, 2.05) is 18.2 Å². The molecule has 0 bridgehead atoms. The van der Waals surface area contributed by atoms with Gasteiger partial charge in [0.2, 0.25) is 0 Å². The van der Waals surface area contributed by atoms with Gasteiger partial charge >= 0.3 is 11.8 Å². The highest BCUT2D eigenvalue weighted by molar-refractivity contribution is 9.10. The lowest BCUT2D eigenvalue weighted by Gasteiger charge is -2.11. The van der Waals surface area contributed by atoms with Gasteiger partial charge in [0.15, 0.2) is 0 Å². The van der Waals surface area contributed by atoms with Crippen molar-refractivity contribution in [1.82, 2.24) is 5.43 Å². The number of rotatable bonds is 5. The molecule has 0 unspecified atom stereocenters. The molecule has 0 atom stereocenters. The first-order valence-electron chi connectivity index (χ1n) is 8.99. The van der Waals surface area contributed by atoms with Crippen molar-refractivity contribution < 1.29 is 14.4 Å². The second-order valence-electron chi connectivity index (χ2n) is 6.18. The van der Waals surface area contributed by atoms with Crippen LogP contribution in [0.25, 0.3) is 0 Å². The lowest BCUT2D eigenvalue weighted by Crippen LogP contribution is -2.33. The molecule has 3 aromatic rings. The molecule has 3 rings (SSSR count). The Kier molecular flexibility index (Phi) is 7.69. The van der Waals surface area contributed by atoms with Gasteiger partial charge in [-0.15, -0.1) is 0 Å². The first kappa shape index (κ1) is 22.4. The molecule has 0 saturated carbocycles. The molecule has 7 nitrogen and oxygen atoms in total. The van der Waals surface area contributed by atoms with Gasteiger partial charge in [0, 0.05) is 20.2 Å². The Bertz CT molecular complexity index is 1150. The van der Waals surface area contributed by atoms with Crippen LogP contribution < -0.4 is 16.1 Å². The standard InChI is InChI=1S/C22H16Br2N4O3/c23-15-9-11-16(12-10-15)26-20(29)17-6-2-4-8-19(17)27-21(30)22(31)28-25-13-14-5-1-3-7-18(14)24/h1-13H,(H,26,29)(H,27,30)(H,28,31)/b25-13+. The van der Waals surface area contributed by atoms with E-state index in [4.69, 9.17) is 0 Å². The third-order valence-corrected chi connectivity index (χ3v) is 5.25. The van der Waals surface area contributed by atoms with Gasteiger partial charge in [-0.25, -0.2) is 5.43 Å². The molecule has 0 aromatic heterocycles. The summed E-state index contributed by atoms with van der Waals surface area (Å²) in [5.41, 5.74) is 3.90. The normalized spacial score (nSPS) is 10.5.